The van der Waals surface area contributed by atoms with Gasteiger partial charge in [0.05, 0.1) is 12.6 Å². The van der Waals surface area contributed by atoms with Gasteiger partial charge in [0.25, 0.3) is 5.91 Å². The van der Waals surface area contributed by atoms with Crippen LogP contribution in [0.5, 0.6) is 5.75 Å². The van der Waals surface area contributed by atoms with Crippen LogP contribution in [0.15, 0.2) is 42.5 Å². The number of benzene rings is 2. The van der Waals surface area contributed by atoms with Gasteiger partial charge in [0, 0.05) is 30.2 Å². The lowest BCUT2D eigenvalue weighted by Crippen LogP contribution is -2.32. The predicted molar refractivity (Wildman–Crippen MR) is 92.2 cm³/mol. The molecule has 2 amide bonds. The minimum Gasteiger partial charge on any atom is -0.493 e. The van der Waals surface area contributed by atoms with Crippen LogP contribution < -0.4 is 15.4 Å². The molecule has 0 radical (unpaired) electrons. The molecule has 0 saturated heterocycles. The van der Waals surface area contributed by atoms with Crippen LogP contribution >= 0.6 is 0 Å². The Kier molecular flexibility index (Phi) is 4.51. The molecule has 0 saturated carbocycles. The first-order valence-corrected chi connectivity index (χ1v) is 7.95. The van der Waals surface area contributed by atoms with Crippen molar-refractivity contribution in [2.24, 2.45) is 0 Å². The molecule has 0 aliphatic carbocycles. The Hall–Kier alpha value is -2.82. The molecule has 24 heavy (non-hydrogen) atoms. The number of hydrogen-bond donors (Lipinski definition) is 2. The Morgan fingerprint density at radius 1 is 1.17 bits per heavy atom. The Bertz CT molecular complexity index is 786. The first-order valence-electron chi connectivity index (χ1n) is 7.95. The molecule has 2 N–H and O–H groups in total. The van der Waals surface area contributed by atoms with Gasteiger partial charge in [-0.1, -0.05) is 23.8 Å². The van der Waals surface area contributed by atoms with Gasteiger partial charge in [-0.2, -0.15) is 0 Å². The quantitative estimate of drug-likeness (QED) is 0.911. The van der Waals surface area contributed by atoms with E-state index in [1.807, 2.05) is 25.1 Å². The Labute approximate surface area is 141 Å². The average molecular weight is 324 g/mol. The number of rotatable bonds is 3. The van der Waals surface area contributed by atoms with E-state index in [1.54, 1.807) is 24.3 Å². The molecule has 1 atom stereocenters. The highest BCUT2D eigenvalue weighted by molar-refractivity contribution is 5.97. The van der Waals surface area contributed by atoms with Gasteiger partial charge in [-0.05, 0) is 31.2 Å². The second-order valence-electron chi connectivity index (χ2n) is 5.97. The van der Waals surface area contributed by atoms with Crippen LogP contribution in [0.25, 0.3) is 0 Å². The third-order valence-electron chi connectivity index (χ3n) is 3.96. The molecule has 124 valence electrons. The Balaban J connectivity index is 1.79. The molecule has 0 aromatic heterocycles. The predicted octanol–water partition coefficient (Wildman–Crippen LogP) is 3.21. The number of nitrogens with one attached hydrogen (secondary N) is 2. The molecular weight excluding hydrogens is 304 g/mol. The molecule has 0 fully saturated rings. The van der Waals surface area contributed by atoms with E-state index in [-0.39, 0.29) is 17.9 Å². The highest BCUT2D eigenvalue weighted by Gasteiger charge is 2.23. The van der Waals surface area contributed by atoms with Crippen LogP contribution in [-0.4, -0.2) is 18.4 Å². The van der Waals surface area contributed by atoms with E-state index in [9.17, 15) is 9.59 Å². The maximum absolute atomic E-state index is 12.6. The fraction of sp³-hybridized carbons (Fsp3) is 0.263. The topological polar surface area (TPSA) is 67.4 Å². The van der Waals surface area contributed by atoms with E-state index in [2.05, 4.69) is 10.6 Å². The summed E-state index contributed by atoms with van der Waals surface area (Å²) in [5.74, 6) is 0.493. The van der Waals surface area contributed by atoms with Crippen molar-refractivity contribution in [1.82, 2.24) is 5.32 Å². The smallest absolute Gasteiger partial charge is 0.251 e. The van der Waals surface area contributed by atoms with Crippen molar-refractivity contribution < 1.29 is 14.3 Å². The van der Waals surface area contributed by atoms with Gasteiger partial charge >= 0.3 is 0 Å². The van der Waals surface area contributed by atoms with Gasteiger partial charge in [0.15, 0.2) is 0 Å². The van der Waals surface area contributed by atoms with Crippen molar-refractivity contribution in [2.75, 3.05) is 11.9 Å². The summed E-state index contributed by atoms with van der Waals surface area (Å²) in [4.78, 5) is 23.7. The number of ether oxygens (including phenoxy) is 1. The molecule has 0 bridgehead atoms. The largest absolute Gasteiger partial charge is 0.493 e. The summed E-state index contributed by atoms with van der Waals surface area (Å²) in [7, 11) is 0. The lowest BCUT2D eigenvalue weighted by atomic mass is 9.98. The van der Waals surface area contributed by atoms with Crippen molar-refractivity contribution in [3.8, 4) is 5.75 Å². The molecule has 2 aromatic carbocycles. The van der Waals surface area contributed by atoms with Crippen molar-refractivity contribution >= 4 is 17.5 Å². The zero-order valence-corrected chi connectivity index (χ0v) is 13.8. The van der Waals surface area contributed by atoms with Gasteiger partial charge in [-0.3, -0.25) is 9.59 Å². The van der Waals surface area contributed by atoms with Crippen LogP contribution in [0.2, 0.25) is 0 Å². The average Bonchev–Trinajstić information content (AvgIpc) is 2.55. The number of carbonyl (C=O) groups is 2. The number of carbonyl (C=O) groups excluding carboxylic acids is 2. The molecule has 0 spiro atoms. The normalized spacial score (nSPS) is 15.8. The van der Waals surface area contributed by atoms with E-state index in [0.717, 1.165) is 23.3 Å². The van der Waals surface area contributed by atoms with Crippen molar-refractivity contribution in [2.45, 2.75) is 26.3 Å². The molecule has 3 rings (SSSR count). The van der Waals surface area contributed by atoms with Gasteiger partial charge in [0.2, 0.25) is 5.91 Å². The van der Waals surface area contributed by atoms with Gasteiger partial charge in [-0.15, -0.1) is 0 Å². The molecule has 1 aliphatic heterocycles. The second-order valence-corrected chi connectivity index (χ2v) is 5.97. The maximum atomic E-state index is 12.6. The molecular formula is C19H20N2O3. The van der Waals surface area contributed by atoms with E-state index in [1.165, 1.54) is 6.92 Å². The number of amides is 2. The summed E-state index contributed by atoms with van der Waals surface area (Å²) in [5.41, 5.74) is 3.26. The Morgan fingerprint density at radius 3 is 2.79 bits per heavy atom. The van der Waals surface area contributed by atoms with Crippen LogP contribution in [0.1, 0.15) is 40.9 Å². The molecule has 5 heteroatoms. The molecule has 2 aromatic rings. The van der Waals surface area contributed by atoms with E-state index < -0.39 is 0 Å². The van der Waals surface area contributed by atoms with Crippen LogP contribution in [0, 0.1) is 6.92 Å². The molecule has 5 nitrogen and oxygen atoms in total. The highest BCUT2D eigenvalue weighted by atomic mass is 16.5. The number of hydrogen-bond acceptors (Lipinski definition) is 3. The number of fused-ring (bicyclic) bond motifs is 1. The van der Waals surface area contributed by atoms with Crippen LogP contribution in [0.4, 0.5) is 5.69 Å². The van der Waals surface area contributed by atoms with Crippen LogP contribution in [0.3, 0.4) is 0 Å². The third-order valence-corrected chi connectivity index (χ3v) is 3.96. The van der Waals surface area contributed by atoms with Gasteiger partial charge in [0.1, 0.15) is 5.75 Å². The summed E-state index contributed by atoms with van der Waals surface area (Å²) in [6.07, 6.45) is 0.730. The maximum Gasteiger partial charge on any atom is 0.251 e. The second kappa shape index (κ2) is 6.74. The van der Waals surface area contributed by atoms with Crippen molar-refractivity contribution in [3.63, 3.8) is 0 Å². The highest BCUT2D eigenvalue weighted by Crippen LogP contribution is 2.32. The lowest BCUT2D eigenvalue weighted by Gasteiger charge is -2.27. The zero-order chi connectivity index (χ0) is 17.1. The lowest BCUT2D eigenvalue weighted by molar-refractivity contribution is -0.114. The first kappa shape index (κ1) is 16.1. The summed E-state index contributed by atoms with van der Waals surface area (Å²) in [6.45, 7) is 4.03. The number of aryl methyl sites for hydroxylation is 1. The van der Waals surface area contributed by atoms with Crippen molar-refractivity contribution in [3.05, 3.63) is 59.2 Å². The van der Waals surface area contributed by atoms with Gasteiger partial charge < -0.3 is 15.4 Å². The molecule has 1 aliphatic rings. The molecule has 1 unspecified atom stereocenters. The van der Waals surface area contributed by atoms with Crippen LogP contribution in [-0.2, 0) is 4.79 Å². The number of anilines is 1. The van der Waals surface area contributed by atoms with E-state index in [0.29, 0.717) is 17.9 Å². The monoisotopic (exact) mass is 324 g/mol. The van der Waals surface area contributed by atoms with Crippen molar-refractivity contribution in [1.29, 1.82) is 0 Å². The fourth-order valence-corrected chi connectivity index (χ4v) is 2.85. The fourth-order valence-electron chi connectivity index (χ4n) is 2.85. The summed E-state index contributed by atoms with van der Waals surface area (Å²) in [5, 5.41) is 5.76. The minimum atomic E-state index is -0.165. The standard InChI is InChI=1S/C19H20N2O3/c1-12-6-7-18-16(10-12)17(8-9-24-18)21-19(23)14-4-3-5-15(11-14)20-13(2)22/h3-7,10-11,17H,8-9H2,1-2H3,(H,20,22)(H,21,23). The van der Waals surface area contributed by atoms with E-state index in [4.69, 9.17) is 4.74 Å². The minimum absolute atomic E-state index is 0.0782. The first-order chi connectivity index (χ1) is 11.5. The van der Waals surface area contributed by atoms with E-state index >= 15 is 0 Å². The van der Waals surface area contributed by atoms with Gasteiger partial charge in [-0.25, -0.2) is 0 Å². The summed E-state index contributed by atoms with van der Waals surface area (Å²) in [6, 6.07) is 12.8. The summed E-state index contributed by atoms with van der Waals surface area (Å²) < 4.78 is 5.66. The third kappa shape index (κ3) is 3.56. The SMILES string of the molecule is CC(=O)Nc1cccc(C(=O)NC2CCOc3ccc(C)cc32)c1. The Morgan fingerprint density at radius 2 is 2.00 bits per heavy atom. The molecule has 1 heterocycles. The zero-order valence-electron chi connectivity index (χ0n) is 13.8. The summed E-state index contributed by atoms with van der Waals surface area (Å²) >= 11 is 0.